The second-order valence-corrected chi connectivity index (χ2v) is 6.88. The maximum Gasteiger partial charge on any atom is 0.238 e. The molecule has 3 N–H and O–H groups in total. The van der Waals surface area contributed by atoms with E-state index < -0.39 is 0 Å². The first-order valence-electron chi connectivity index (χ1n) is 7.49. The average molecular weight is 354 g/mol. The SMILES string of the molecule is Cc1cc(Br)ccc1NC(=O)CN1CC(CN)CCC1C. The maximum atomic E-state index is 12.3. The summed E-state index contributed by atoms with van der Waals surface area (Å²) in [5.41, 5.74) is 7.71. The van der Waals surface area contributed by atoms with Gasteiger partial charge in [0.25, 0.3) is 0 Å². The molecule has 1 aliphatic heterocycles. The van der Waals surface area contributed by atoms with Gasteiger partial charge in [-0.25, -0.2) is 0 Å². The normalized spacial score (nSPS) is 23.0. The van der Waals surface area contributed by atoms with Crippen LogP contribution in [0.2, 0.25) is 0 Å². The van der Waals surface area contributed by atoms with E-state index in [1.54, 1.807) is 0 Å². The molecule has 2 unspecified atom stereocenters. The van der Waals surface area contributed by atoms with Crippen molar-refractivity contribution in [1.29, 1.82) is 0 Å². The summed E-state index contributed by atoms with van der Waals surface area (Å²) in [6.45, 7) is 6.24. The van der Waals surface area contributed by atoms with Crippen LogP contribution < -0.4 is 11.1 Å². The van der Waals surface area contributed by atoms with Gasteiger partial charge in [0.2, 0.25) is 5.91 Å². The Balaban J connectivity index is 1.94. The van der Waals surface area contributed by atoms with Crippen LogP contribution in [0.25, 0.3) is 0 Å². The molecular weight excluding hydrogens is 330 g/mol. The first-order chi connectivity index (χ1) is 9.99. The molecule has 1 saturated heterocycles. The predicted molar refractivity (Wildman–Crippen MR) is 90.3 cm³/mol. The van der Waals surface area contributed by atoms with Crippen molar-refractivity contribution in [2.24, 2.45) is 11.7 Å². The molecule has 1 aromatic carbocycles. The molecule has 5 heteroatoms. The lowest BCUT2D eigenvalue weighted by molar-refractivity contribution is -0.118. The second kappa shape index (κ2) is 7.38. The number of rotatable bonds is 4. The number of hydrogen-bond donors (Lipinski definition) is 2. The van der Waals surface area contributed by atoms with E-state index in [9.17, 15) is 4.79 Å². The second-order valence-electron chi connectivity index (χ2n) is 5.96. The van der Waals surface area contributed by atoms with Gasteiger partial charge in [0.05, 0.1) is 6.54 Å². The van der Waals surface area contributed by atoms with Crippen LogP contribution in [0.4, 0.5) is 5.69 Å². The number of nitrogens with two attached hydrogens (primary N) is 1. The number of carbonyl (C=O) groups excluding carboxylic acids is 1. The lowest BCUT2D eigenvalue weighted by Gasteiger charge is -2.37. The summed E-state index contributed by atoms with van der Waals surface area (Å²) in [7, 11) is 0. The van der Waals surface area contributed by atoms with E-state index in [1.165, 1.54) is 6.42 Å². The van der Waals surface area contributed by atoms with E-state index in [0.717, 1.165) is 28.7 Å². The Morgan fingerprint density at radius 2 is 2.24 bits per heavy atom. The van der Waals surface area contributed by atoms with E-state index in [4.69, 9.17) is 5.73 Å². The molecule has 2 rings (SSSR count). The van der Waals surface area contributed by atoms with Crippen LogP contribution in [-0.2, 0) is 4.79 Å². The maximum absolute atomic E-state index is 12.3. The molecule has 4 nitrogen and oxygen atoms in total. The minimum Gasteiger partial charge on any atom is -0.330 e. The van der Waals surface area contributed by atoms with E-state index in [-0.39, 0.29) is 5.91 Å². The third kappa shape index (κ3) is 4.53. The van der Waals surface area contributed by atoms with Crippen molar-refractivity contribution in [3.63, 3.8) is 0 Å². The van der Waals surface area contributed by atoms with Crippen LogP contribution in [0.5, 0.6) is 0 Å². The molecule has 0 aromatic heterocycles. The number of anilines is 1. The van der Waals surface area contributed by atoms with Crippen LogP contribution in [-0.4, -0.2) is 36.5 Å². The predicted octanol–water partition coefficient (Wildman–Crippen LogP) is 2.76. The first kappa shape index (κ1) is 16.5. The highest BCUT2D eigenvalue weighted by molar-refractivity contribution is 9.10. The zero-order valence-electron chi connectivity index (χ0n) is 12.7. The molecule has 1 amide bonds. The minimum atomic E-state index is 0.0462. The number of carbonyl (C=O) groups is 1. The quantitative estimate of drug-likeness (QED) is 0.874. The minimum absolute atomic E-state index is 0.0462. The molecule has 1 heterocycles. The fourth-order valence-corrected chi connectivity index (χ4v) is 3.29. The molecular formula is C16H24BrN3O. The number of benzene rings is 1. The summed E-state index contributed by atoms with van der Waals surface area (Å²) >= 11 is 3.43. The van der Waals surface area contributed by atoms with Gasteiger partial charge < -0.3 is 11.1 Å². The van der Waals surface area contributed by atoms with Crippen molar-refractivity contribution < 1.29 is 4.79 Å². The fraction of sp³-hybridized carbons (Fsp3) is 0.562. The molecule has 21 heavy (non-hydrogen) atoms. The van der Waals surface area contributed by atoms with Crippen LogP contribution >= 0.6 is 15.9 Å². The van der Waals surface area contributed by atoms with E-state index in [2.05, 4.69) is 33.1 Å². The molecule has 1 fully saturated rings. The number of likely N-dealkylation sites (tertiary alicyclic amines) is 1. The number of nitrogens with zero attached hydrogens (tertiary/aromatic N) is 1. The molecule has 0 spiro atoms. The highest BCUT2D eigenvalue weighted by atomic mass is 79.9. The van der Waals surface area contributed by atoms with E-state index in [0.29, 0.717) is 25.0 Å². The highest BCUT2D eigenvalue weighted by Gasteiger charge is 2.26. The Morgan fingerprint density at radius 1 is 1.48 bits per heavy atom. The van der Waals surface area contributed by atoms with Crippen LogP contribution in [0.1, 0.15) is 25.3 Å². The standard InChI is InChI=1S/C16H24BrN3O/c1-11-7-14(17)5-6-15(11)19-16(21)10-20-9-13(8-18)4-3-12(20)2/h5-7,12-13H,3-4,8-10,18H2,1-2H3,(H,19,21). The molecule has 1 aromatic rings. The molecule has 0 saturated carbocycles. The van der Waals surface area contributed by atoms with Crippen molar-refractivity contribution in [2.45, 2.75) is 32.7 Å². The van der Waals surface area contributed by atoms with Crippen molar-refractivity contribution >= 4 is 27.5 Å². The topological polar surface area (TPSA) is 58.4 Å². The van der Waals surface area contributed by atoms with Crippen LogP contribution in [0.15, 0.2) is 22.7 Å². The van der Waals surface area contributed by atoms with Crippen molar-refractivity contribution in [3.05, 3.63) is 28.2 Å². The third-order valence-corrected chi connectivity index (χ3v) is 4.74. The fourth-order valence-electron chi connectivity index (χ4n) is 2.82. The zero-order valence-corrected chi connectivity index (χ0v) is 14.3. The Morgan fingerprint density at radius 3 is 2.90 bits per heavy atom. The number of aryl methyl sites for hydroxylation is 1. The van der Waals surface area contributed by atoms with Crippen molar-refractivity contribution in [1.82, 2.24) is 4.90 Å². The van der Waals surface area contributed by atoms with Gasteiger partial charge in [-0.05, 0) is 62.9 Å². The number of nitrogens with one attached hydrogen (secondary N) is 1. The number of hydrogen-bond acceptors (Lipinski definition) is 3. The molecule has 116 valence electrons. The Kier molecular flexibility index (Phi) is 5.79. The van der Waals surface area contributed by atoms with Gasteiger partial charge in [0.15, 0.2) is 0 Å². The van der Waals surface area contributed by atoms with E-state index in [1.807, 2.05) is 25.1 Å². The van der Waals surface area contributed by atoms with Crippen LogP contribution in [0, 0.1) is 12.8 Å². The molecule has 0 bridgehead atoms. The molecule has 2 atom stereocenters. The molecule has 0 aliphatic carbocycles. The third-order valence-electron chi connectivity index (χ3n) is 4.25. The van der Waals surface area contributed by atoms with Gasteiger partial charge in [0, 0.05) is 22.7 Å². The van der Waals surface area contributed by atoms with E-state index >= 15 is 0 Å². The smallest absolute Gasteiger partial charge is 0.238 e. The number of halogens is 1. The first-order valence-corrected chi connectivity index (χ1v) is 8.29. The Hall–Kier alpha value is -0.910. The van der Waals surface area contributed by atoms with Gasteiger partial charge in [-0.3, -0.25) is 9.69 Å². The Bertz CT molecular complexity index is 506. The lowest BCUT2D eigenvalue weighted by atomic mass is 9.93. The monoisotopic (exact) mass is 353 g/mol. The van der Waals surface area contributed by atoms with Gasteiger partial charge in [-0.2, -0.15) is 0 Å². The summed E-state index contributed by atoms with van der Waals surface area (Å²) in [5, 5.41) is 3.01. The van der Waals surface area contributed by atoms with Gasteiger partial charge in [0.1, 0.15) is 0 Å². The Labute approximate surface area is 135 Å². The molecule has 1 aliphatic rings. The van der Waals surface area contributed by atoms with Gasteiger partial charge >= 0.3 is 0 Å². The summed E-state index contributed by atoms with van der Waals surface area (Å²) in [5.74, 6) is 0.563. The largest absolute Gasteiger partial charge is 0.330 e. The summed E-state index contributed by atoms with van der Waals surface area (Å²) in [4.78, 5) is 14.5. The molecule has 0 radical (unpaired) electrons. The number of amides is 1. The summed E-state index contributed by atoms with van der Waals surface area (Å²) in [6, 6.07) is 6.32. The van der Waals surface area contributed by atoms with Crippen molar-refractivity contribution in [3.8, 4) is 0 Å². The van der Waals surface area contributed by atoms with Crippen LogP contribution in [0.3, 0.4) is 0 Å². The number of piperidine rings is 1. The van der Waals surface area contributed by atoms with Crippen molar-refractivity contribution in [2.75, 3.05) is 25.0 Å². The summed E-state index contributed by atoms with van der Waals surface area (Å²) in [6.07, 6.45) is 2.29. The summed E-state index contributed by atoms with van der Waals surface area (Å²) < 4.78 is 1.02. The lowest BCUT2D eigenvalue weighted by Crippen LogP contribution is -2.47. The van der Waals surface area contributed by atoms with Gasteiger partial charge in [-0.1, -0.05) is 15.9 Å². The average Bonchev–Trinajstić information content (AvgIpc) is 2.44. The highest BCUT2D eigenvalue weighted by Crippen LogP contribution is 2.22. The zero-order chi connectivity index (χ0) is 15.4. The van der Waals surface area contributed by atoms with Gasteiger partial charge in [-0.15, -0.1) is 0 Å².